The van der Waals surface area contributed by atoms with Gasteiger partial charge in [0.1, 0.15) is 11.3 Å². The lowest BCUT2D eigenvalue weighted by atomic mass is 10.3. The summed E-state index contributed by atoms with van der Waals surface area (Å²) in [6.07, 6.45) is 5.72. The van der Waals surface area contributed by atoms with Gasteiger partial charge in [-0.1, -0.05) is 12.1 Å². The fraction of sp³-hybridized carbons (Fsp3) is 0.278. The quantitative estimate of drug-likeness (QED) is 0.745. The Labute approximate surface area is 134 Å². The number of aryl methyl sites for hydroxylation is 1. The van der Waals surface area contributed by atoms with Crippen LogP contribution >= 0.6 is 0 Å². The normalized spacial score (nSPS) is 14.1. The number of nitrogens with zero attached hydrogens (tertiary/aromatic N) is 4. The summed E-state index contributed by atoms with van der Waals surface area (Å²) in [6.45, 7) is 2.55. The van der Waals surface area contributed by atoms with Crippen LogP contribution in [0.25, 0.3) is 5.65 Å². The van der Waals surface area contributed by atoms with Gasteiger partial charge in [0.25, 0.3) is 5.91 Å². The van der Waals surface area contributed by atoms with Crippen molar-refractivity contribution in [3.05, 3.63) is 65.9 Å². The highest BCUT2D eigenvalue weighted by Crippen LogP contribution is 2.29. The molecule has 1 fully saturated rings. The molecule has 1 saturated carbocycles. The standard InChI is InChI=1S/C18H18N4O/c1-13-5-4-7-17-20-16(12-21(13)17)18(23)22(15-8-9-15)11-14-6-2-3-10-19-14/h2-7,10,12,15H,8-9,11H2,1H3. The average Bonchev–Trinajstić information content (AvgIpc) is 3.31. The van der Waals surface area contributed by atoms with Crippen molar-refractivity contribution < 1.29 is 4.79 Å². The summed E-state index contributed by atoms with van der Waals surface area (Å²) in [7, 11) is 0. The van der Waals surface area contributed by atoms with Crippen LogP contribution in [0, 0.1) is 6.92 Å². The minimum atomic E-state index is -0.0127. The fourth-order valence-electron chi connectivity index (χ4n) is 2.82. The van der Waals surface area contributed by atoms with Crippen LogP contribution in [-0.2, 0) is 6.54 Å². The Morgan fingerprint density at radius 1 is 1.26 bits per heavy atom. The maximum absolute atomic E-state index is 12.9. The number of hydrogen-bond donors (Lipinski definition) is 0. The van der Waals surface area contributed by atoms with Crippen molar-refractivity contribution >= 4 is 11.6 Å². The van der Waals surface area contributed by atoms with Gasteiger partial charge < -0.3 is 9.30 Å². The van der Waals surface area contributed by atoms with E-state index >= 15 is 0 Å². The van der Waals surface area contributed by atoms with Crippen molar-refractivity contribution in [2.45, 2.75) is 32.4 Å². The van der Waals surface area contributed by atoms with E-state index in [-0.39, 0.29) is 5.91 Å². The SMILES string of the molecule is Cc1cccc2nc(C(=O)N(Cc3ccccn3)C3CC3)cn12. The molecule has 0 atom stereocenters. The molecule has 0 saturated heterocycles. The van der Waals surface area contributed by atoms with E-state index in [0.29, 0.717) is 18.3 Å². The average molecular weight is 306 g/mol. The number of amides is 1. The number of hydrogen-bond acceptors (Lipinski definition) is 3. The Morgan fingerprint density at radius 3 is 2.83 bits per heavy atom. The van der Waals surface area contributed by atoms with Gasteiger partial charge in [-0.05, 0) is 44.0 Å². The van der Waals surface area contributed by atoms with E-state index in [2.05, 4.69) is 9.97 Å². The van der Waals surface area contributed by atoms with Gasteiger partial charge in [-0.3, -0.25) is 9.78 Å². The molecule has 3 aromatic rings. The lowest BCUT2D eigenvalue weighted by Crippen LogP contribution is -2.33. The maximum atomic E-state index is 12.9. The van der Waals surface area contributed by atoms with E-state index < -0.39 is 0 Å². The molecule has 1 aliphatic rings. The number of fused-ring (bicyclic) bond motifs is 1. The van der Waals surface area contributed by atoms with E-state index in [4.69, 9.17) is 0 Å². The topological polar surface area (TPSA) is 50.5 Å². The van der Waals surface area contributed by atoms with Crippen LogP contribution in [0.3, 0.4) is 0 Å². The fourth-order valence-corrected chi connectivity index (χ4v) is 2.82. The first-order valence-corrected chi connectivity index (χ1v) is 7.88. The monoisotopic (exact) mass is 306 g/mol. The van der Waals surface area contributed by atoms with Crippen LogP contribution in [0.5, 0.6) is 0 Å². The van der Waals surface area contributed by atoms with Gasteiger partial charge in [0.2, 0.25) is 0 Å². The Balaban J connectivity index is 1.65. The van der Waals surface area contributed by atoms with Crippen LogP contribution in [0.4, 0.5) is 0 Å². The molecule has 0 bridgehead atoms. The molecule has 5 heteroatoms. The van der Waals surface area contributed by atoms with E-state index in [9.17, 15) is 4.79 Å². The van der Waals surface area contributed by atoms with Crippen molar-refractivity contribution in [1.82, 2.24) is 19.3 Å². The van der Waals surface area contributed by atoms with E-state index in [1.807, 2.05) is 58.8 Å². The van der Waals surface area contributed by atoms with Crippen LogP contribution < -0.4 is 0 Å². The second-order valence-electron chi connectivity index (χ2n) is 6.01. The van der Waals surface area contributed by atoms with Gasteiger partial charge in [-0.25, -0.2) is 4.98 Å². The lowest BCUT2D eigenvalue weighted by molar-refractivity contribution is 0.0722. The predicted octanol–water partition coefficient (Wildman–Crippen LogP) is 2.84. The van der Waals surface area contributed by atoms with Crippen molar-refractivity contribution in [3.8, 4) is 0 Å². The third-order valence-corrected chi connectivity index (χ3v) is 4.22. The van der Waals surface area contributed by atoms with E-state index in [1.165, 1.54) is 0 Å². The largest absolute Gasteiger partial charge is 0.328 e. The number of pyridine rings is 2. The lowest BCUT2D eigenvalue weighted by Gasteiger charge is -2.20. The molecule has 1 amide bonds. The number of imidazole rings is 1. The number of carbonyl (C=O) groups is 1. The highest BCUT2D eigenvalue weighted by Gasteiger charge is 2.34. The van der Waals surface area contributed by atoms with Crippen molar-refractivity contribution in [2.75, 3.05) is 0 Å². The van der Waals surface area contributed by atoms with Crippen LogP contribution in [0.15, 0.2) is 48.8 Å². The Morgan fingerprint density at radius 2 is 2.13 bits per heavy atom. The summed E-state index contributed by atoms with van der Waals surface area (Å²) in [4.78, 5) is 23.7. The summed E-state index contributed by atoms with van der Waals surface area (Å²) in [5.41, 5.74) is 3.29. The third-order valence-electron chi connectivity index (χ3n) is 4.22. The molecule has 3 aromatic heterocycles. The van der Waals surface area contributed by atoms with Crippen LogP contribution in [0.2, 0.25) is 0 Å². The zero-order chi connectivity index (χ0) is 15.8. The molecule has 0 aliphatic heterocycles. The molecule has 0 aromatic carbocycles. The minimum absolute atomic E-state index is 0.0127. The third kappa shape index (κ3) is 2.70. The molecule has 4 rings (SSSR count). The molecule has 116 valence electrons. The predicted molar refractivity (Wildman–Crippen MR) is 87.1 cm³/mol. The molecule has 0 radical (unpaired) electrons. The Bertz CT molecular complexity index is 852. The first-order chi connectivity index (χ1) is 11.2. The summed E-state index contributed by atoms with van der Waals surface area (Å²) in [5.74, 6) is -0.0127. The van der Waals surface area contributed by atoms with Gasteiger partial charge in [0.15, 0.2) is 0 Å². The highest BCUT2D eigenvalue weighted by molar-refractivity contribution is 5.93. The van der Waals surface area contributed by atoms with Gasteiger partial charge in [-0.15, -0.1) is 0 Å². The summed E-state index contributed by atoms with van der Waals surface area (Å²) >= 11 is 0. The first kappa shape index (κ1) is 13.9. The van der Waals surface area contributed by atoms with Gasteiger partial charge >= 0.3 is 0 Å². The van der Waals surface area contributed by atoms with Crippen LogP contribution in [-0.4, -0.2) is 31.2 Å². The molecular weight excluding hydrogens is 288 g/mol. The van der Waals surface area contributed by atoms with E-state index in [1.54, 1.807) is 6.20 Å². The van der Waals surface area contributed by atoms with E-state index in [0.717, 1.165) is 29.9 Å². The molecule has 23 heavy (non-hydrogen) atoms. The second-order valence-corrected chi connectivity index (χ2v) is 6.01. The van der Waals surface area contributed by atoms with Gasteiger partial charge in [-0.2, -0.15) is 0 Å². The first-order valence-electron chi connectivity index (χ1n) is 7.88. The molecular formula is C18H18N4O. The molecule has 0 N–H and O–H groups in total. The molecule has 0 unspecified atom stereocenters. The number of aromatic nitrogens is 3. The summed E-state index contributed by atoms with van der Waals surface area (Å²) < 4.78 is 1.96. The van der Waals surface area contributed by atoms with Gasteiger partial charge in [0.05, 0.1) is 12.2 Å². The Kier molecular flexibility index (Phi) is 3.33. The smallest absolute Gasteiger partial charge is 0.274 e. The molecule has 5 nitrogen and oxygen atoms in total. The maximum Gasteiger partial charge on any atom is 0.274 e. The molecule has 1 aliphatic carbocycles. The van der Waals surface area contributed by atoms with Crippen molar-refractivity contribution in [1.29, 1.82) is 0 Å². The number of rotatable bonds is 4. The number of carbonyl (C=O) groups excluding carboxylic acids is 1. The van der Waals surface area contributed by atoms with Crippen LogP contribution in [0.1, 0.15) is 34.7 Å². The van der Waals surface area contributed by atoms with Gasteiger partial charge in [0, 0.05) is 24.1 Å². The minimum Gasteiger partial charge on any atom is -0.328 e. The summed E-state index contributed by atoms with van der Waals surface area (Å²) in [6, 6.07) is 12.0. The zero-order valence-corrected chi connectivity index (χ0v) is 13.0. The Hall–Kier alpha value is -2.69. The zero-order valence-electron chi connectivity index (χ0n) is 13.0. The second kappa shape index (κ2) is 5.50. The molecule has 0 spiro atoms. The molecule has 3 heterocycles. The van der Waals surface area contributed by atoms with Crippen molar-refractivity contribution in [3.63, 3.8) is 0 Å². The summed E-state index contributed by atoms with van der Waals surface area (Å²) in [5, 5.41) is 0. The van der Waals surface area contributed by atoms with Crippen molar-refractivity contribution in [2.24, 2.45) is 0 Å². The highest BCUT2D eigenvalue weighted by atomic mass is 16.2.